The van der Waals surface area contributed by atoms with Crippen LogP contribution in [0.2, 0.25) is 0 Å². The molecule has 0 bridgehead atoms. The van der Waals surface area contributed by atoms with Gasteiger partial charge in [0.25, 0.3) is 0 Å². The van der Waals surface area contributed by atoms with Crippen molar-refractivity contribution in [3.63, 3.8) is 0 Å². The number of allylic oxidation sites excluding steroid dienone is 8. The van der Waals surface area contributed by atoms with E-state index in [9.17, 15) is 5.26 Å². The van der Waals surface area contributed by atoms with Crippen LogP contribution in [0.3, 0.4) is 0 Å². The highest BCUT2D eigenvalue weighted by Crippen LogP contribution is 2.79. The highest BCUT2D eigenvalue weighted by atomic mass is 14.9. The Bertz CT molecular complexity index is 1120. The number of nitrogens with zero attached hydrogens (tertiary/aromatic N) is 1. The lowest BCUT2D eigenvalue weighted by Crippen LogP contribution is -2.28. The lowest BCUT2D eigenvalue weighted by atomic mass is 9.83. The van der Waals surface area contributed by atoms with Crippen LogP contribution >= 0.6 is 0 Å². The predicted molar refractivity (Wildman–Crippen MR) is 243 cm³/mol. The molecule has 2 N–H and O–H groups in total. The molecule has 0 aromatic heterocycles. The van der Waals surface area contributed by atoms with Crippen molar-refractivity contribution in [1.29, 1.82) is 5.26 Å². The second kappa shape index (κ2) is 32.9. The molecule has 0 saturated heterocycles. The lowest BCUT2D eigenvalue weighted by Gasteiger charge is -2.23. The van der Waals surface area contributed by atoms with Crippen molar-refractivity contribution in [1.82, 2.24) is 10.6 Å². The van der Waals surface area contributed by atoms with Crippen LogP contribution in [0.4, 0.5) is 0 Å². The number of nitrogens with one attached hydrogen (secondary N) is 2. The first-order valence-electron chi connectivity index (χ1n) is 22.2. The minimum atomic E-state index is 0.341. The monoisotopic (exact) mass is 736 g/mol. The van der Waals surface area contributed by atoms with Crippen LogP contribution in [-0.2, 0) is 0 Å². The molecule has 2 saturated carbocycles. The van der Waals surface area contributed by atoms with Gasteiger partial charge in [-0.25, -0.2) is 0 Å². The van der Waals surface area contributed by atoms with E-state index in [4.69, 9.17) is 0 Å². The van der Waals surface area contributed by atoms with Crippen LogP contribution in [0, 0.1) is 40.4 Å². The zero-order valence-electron chi connectivity index (χ0n) is 38.8. The molecular formula is C50H93N3. The van der Waals surface area contributed by atoms with Crippen molar-refractivity contribution in [3.05, 3.63) is 71.1 Å². The van der Waals surface area contributed by atoms with Gasteiger partial charge >= 0.3 is 0 Å². The molecule has 0 heterocycles. The number of hydrogen-bond donors (Lipinski definition) is 2. The number of rotatable bonds is 22. The number of unbranched alkanes of at least 4 members (excludes halogenated alkanes) is 1. The smallest absolute Gasteiger partial charge is 0.0943 e. The molecule has 0 aliphatic heterocycles. The molecule has 2 fully saturated rings. The average Bonchev–Trinajstić information content (AvgIpc) is 4.03. The molecule has 0 spiro atoms. The van der Waals surface area contributed by atoms with E-state index in [2.05, 4.69) is 144 Å². The maximum Gasteiger partial charge on any atom is 0.0943 e. The van der Waals surface area contributed by atoms with Crippen molar-refractivity contribution in [3.8, 4) is 6.07 Å². The van der Waals surface area contributed by atoms with E-state index in [1.165, 1.54) is 54.4 Å². The van der Waals surface area contributed by atoms with Crippen LogP contribution in [0.5, 0.6) is 0 Å². The normalized spacial score (nSPS) is 20.5. The summed E-state index contributed by atoms with van der Waals surface area (Å²) in [7, 11) is 0. The van der Waals surface area contributed by atoms with E-state index in [0.717, 1.165) is 79.9 Å². The molecule has 0 aromatic carbocycles. The Labute approximate surface area is 334 Å². The summed E-state index contributed by atoms with van der Waals surface area (Å²) in [6.07, 6.45) is 23.6. The summed E-state index contributed by atoms with van der Waals surface area (Å²) in [5.41, 5.74) is 8.40. The minimum Gasteiger partial charge on any atom is -0.388 e. The van der Waals surface area contributed by atoms with E-state index in [0.29, 0.717) is 23.9 Å². The van der Waals surface area contributed by atoms with Crippen LogP contribution in [0.1, 0.15) is 201 Å². The van der Waals surface area contributed by atoms with Gasteiger partial charge in [-0.1, -0.05) is 170 Å². The Morgan fingerprint density at radius 3 is 1.83 bits per heavy atom. The van der Waals surface area contributed by atoms with Gasteiger partial charge in [-0.2, -0.15) is 5.26 Å². The Hall–Kier alpha value is -2.47. The highest BCUT2D eigenvalue weighted by Gasteiger charge is 2.72. The van der Waals surface area contributed by atoms with E-state index in [-0.39, 0.29) is 0 Å². The van der Waals surface area contributed by atoms with Gasteiger partial charge in [0, 0.05) is 23.4 Å². The fourth-order valence-electron chi connectivity index (χ4n) is 6.33. The fourth-order valence-corrected chi connectivity index (χ4v) is 6.33. The van der Waals surface area contributed by atoms with Crippen molar-refractivity contribution in [2.75, 3.05) is 0 Å². The van der Waals surface area contributed by atoms with Gasteiger partial charge in [0.2, 0.25) is 0 Å². The third-order valence-corrected chi connectivity index (χ3v) is 11.7. The SMILES string of the molecule is C=C(CC/C(=C/C=C(\C)C(C)C(CC)C/C=C(/C#N)CC)CC)NC(CCCC)C(=C)C.CC.CC.CC/C(C)=C\NC(CC)CC.CC1[C@H]2C[C@]12C. The molecule has 2 rings (SSSR count). The molecule has 0 amide bonds. The third-order valence-electron chi connectivity index (χ3n) is 11.7. The summed E-state index contributed by atoms with van der Waals surface area (Å²) in [5.74, 6) is 3.34. The summed E-state index contributed by atoms with van der Waals surface area (Å²) in [6, 6.07) is 3.32. The third kappa shape index (κ3) is 23.8. The van der Waals surface area contributed by atoms with E-state index >= 15 is 0 Å². The molecule has 308 valence electrons. The molecular weight excluding hydrogens is 643 g/mol. The maximum absolute atomic E-state index is 9.18. The summed E-state index contributed by atoms with van der Waals surface area (Å²) >= 11 is 0. The molecule has 4 unspecified atom stereocenters. The molecule has 0 aromatic rings. The first-order valence-corrected chi connectivity index (χ1v) is 22.2. The van der Waals surface area contributed by atoms with E-state index in [1.54, 1.807) is 0 Å². The average molecular weight is 736 g/mol. The summed E-state index contributed by atoms with van der Waals surface area (Å²) in [6.45, 7) is 45.4. The largest absolute Gasteiger partial charge is 0.388 e. The van der Waals surface area contributed by atoms with Gasteiger partial charge in [0.05, 0.1) is 6.07 Å². The predicted octanol–water partition coefficient (Wildman–Crippen LogP) is 16.0. The maximum atomic E-state index is 9.18. The second-order valence-electron chi connectivity index (χ2n) is 15.4. The molecule has 2 aliphatic rings. The summed E-state index contributed by atoms with van der Waals surface area (Å²) in [4.78, 5) is 0. The fraction of sp³-hybridized carbons (Fsp3) is 0.740. The topological polar surface area (TPSA) is 47.9 Å². The Kier molecular flexibility index (Phi) is 34.1. The highest BCUT2D eigenvalue weighted by molar-refractivity contribution is 5.22. The number of hydrogen-bond acceptors (Lipinski definition) is 3. The number of fused-ring (bicyclic) bond motifs is 1. The van der Waals surface area contributed by atoms with Crippen LogP contribution in [-0.4, -0.2) is 12.1 Å². The van der Waals surface area contributed by atoms with Gasteiger partial charge < -0.3 is 10.6 Å². The van der Waals surface area contributed by atoms with Crippen molar-refractivity contribution >= 4 is 0 Å². The molecule has 0 radical (unpaired) electrons. The van der Waals surface area contributed by atoms with Crippen molar-refractivity contribution in [2.45, 2.75) is 213 Å². The van der Waals surface area contributed by atoms with Gasteiger partial charge in [-0.3, -0.25) is 0 Å². The molecule has 3 nitrogen and oxygen atoms in total. The summed E-state index contributed by atoms with van der Waals surface area (Å²) in [5, 5.41) is 16.2. The van der Waals surface area contributed by atoms with Crippen molar-refractivity contribution in [2.24, 2.45) is 29.1 Å². The van der Waals surface area contributed by atoms with Gasteiger partial charge in [-0.15, -0.1) is 0 Å². The van der Waals surface area contributed by atoms with E-state index < -0.39 is 0 Å². The molecule has 6 atom stereocenters. The first kappa shape index (κ1) is 54.9. The van der Waals surface area contributed by atoms with Gasteiger partial charge in [-0.05, 0) is 120 Å². The quantitative estimate of drug-likeness (QED) is 0.0661. The standard InChI is InChI=1S/C30H50N2.C10H21N.C6H10.2C2H6/c1-10-14-15-30(23(5)6)32-25(8)17-19-27(11-2)18-16-24(7)26(9)29(13-4)21-20-28(12-3)22-31;1-5-9(4)8-11-10(6-2)7-3;1-4-5-3-6(4,5)2;2*1-2/h16,18,20,26,29-30,32H,5,8,10-15,17,19,21H2,1-4,6-7,9H3;8,10-11H,5-7H2,1-4H3;4-5H,3H2,1-2H3;2*1-2H3/b24-16+,27-18+,28-20+;9-8-;;;/t;;4?,5-,6-;;/m..1../s1. The van der Waals surface area contributed by atoms with Crippen LogP contribution in [0.25, 0.3) is 0 Å². The number of nitriles is 1. The summed E-state index contributed by atoms with van der Waals surface area (Å²) < 4.78 is 0. The van der Waals surface area contributed by atoms with Crippen LogP contribution < -0.4 is 10.6 Å². The van der Waals surface area contributed by atoms with Crippen molar-refractivity contribution < 1.29 is 0 Å². The molecule has 2 aliphatic carbocycles. The zero-order valence-corrected chi connectivity index (χ0v) is 38.8. The Morgan fingerprint density at radius 1 is 0.887 bits per heavy atom. The Balaban J connectivity index is -0.000000951. The second-order valence-corrected chi connectivity index (χ2v) is 15.4. The zero-order chi connectivity index (χ0) is 41.6. The van der Waals surface area contributed by atoms with Crippen LogP contribution in [0.15, 0.2) is 71.1 Å². The molecule has 53 heavy (non-hydrogen) atoms. The lowest BCUT2D eigenvalue weighted by molar-refractivity contribution is 0.394. The minimum absolute atomic E-state index is 0.341. The van der Waals surface area contributed by atoms with Gasteiger partial charge in [0.15, 0.2) is 0 Å². The van der Waals surface area contributed by atoms with E-state index in [1.807, 2.05) is 27.7 Å². The molecule has 3 heteroatoms. The first-order chi connectivity index (χ1) is 25.2. The van der Waals surface area contributed by atoms with Gasteiger partial charge in [0.1, 0.15) is 0 Å². The Morgan fingerprint density at radius 2 is 1.45 bits per heavy atom.